The minimum absolute atomic E-state index is 0.609. The standard InChI is InChI=1S/C12H18N2O5/c1-7-3-2-4-8(5-7)13-14-12(19)11(18)10(17)9(16)6-15/h2-5,9-11,13,15-18H,6H2,1H3,(H,14,19)/t9-,10-,11+/m1/s1. The Morgan fingerprint density at radius 1 is 1.32 bits per heavy atom. The fourth-order valence-corrected chi connectivity index (χ4v) is 1.40. The van der Waals surface area contributed by atoms with Crippen LogP contribution in [0, 0.1) is 6.92 Å². The molecule has 0 aromatic heterocycles. The van der Waals surface area contributed by atoms with E-state index >= 15 is 0 Å². The van der Waals surface area contributed by atoms with Gasteiger partial charge in [0.05, 0.1) is 12.3 Å². The molecule has 1 rings (SSSR count). The summed E-state index contributed by atoms with van der Waals surface area (Å²) in [4.78, 5) is 11.5. The van der Waals surface area contributed by atoms with Crippen molar-refractivity contribution in [3.8, 4) is 0 Å². The second-order valence-electron chi connectivity index (χ2n) is 4.17. The highest BCUT2D eigenvalue weighted by molar-refractivity contribution is 5.82. The molecule has 7 nitrogen and oxygen atoms in total. The molecule has 0 saturated carbocycles. The number of hydrogen-bond acceptors (Lipinski definition) is 6. The van der Waals surface area contributed by atoms with E-state index in [1.54, 1.807) is 18.2 Å². The molecular weight excluding hydrogens is 252 g/mol. The highest BCUT2D eigenvalue weighted by Crippen LogP contribution is 2.08. The highest BCUT2D eigenvalue weighted by Gasteiger charge is 2.29. The van der Waals surface area contributed by atoms with Gasteiger partial charge >= 0.3 is 0 Å². The summed E-state index contributed by atoms with van der Waals surface area (Å²) < 4.78 is 0. The number of rotatable bonds is 6. The quantitative estimate of drug-likeness (QED) is 0.350. The lowest BCUT2D eigenvalue weighted by Gasteiger charge is -2.21. The van der Waals surface area contributed by atoms with Gasteiger partial charge in [0.2, 0.25) is 0 Å². The van der Waals surface area contributed by atoms with Crippen LogP contribution in [0.25, 0.3) is 0 Å². The first-order valence-electron chi connectivity index (χ1n) is 5.73. The van der Waals surface area contributed by atoms with Crippen LogP contribution in [-0.4, -0.2) is 51.3 Å². The largest absolute Gasteiger partial charge is 0.394 e. The number of carbonyl (C=O) groups is 1. The monoisotopic (exact) mass is 270 g/mol. The molecule has 106 valence electrons. The predicted molar refractivity (Wildman–Crippen MR) is 68.1 cm³/mol. The van der Waals surface area contributed by atoms with Crippen LogP contribution in [0.4, 0.5) is 5.69 Å². The molecule has 7 heteroatoms. The second kappa shape index (κ2) is 7.05. The summed E-state index contributed by atoms with van der Waals surface area (Å²) in [5, 5.41) is 36.5. The van der Waals surface area contributed by atoms with Crippen LogP contribution in [0.15, 0.2) is 24.3 Å². The van der Waals surface area contributed by atoms with Crippen molar-refractivity contribution in [1.29, 1.82) is 0 Å². The van der Waals surface area contributed by atoms with Crippen LogP contribution in [0.3, 0.4) is 0 Å². The summed E-state index contributed by atoms with van der Waals surface area (Å²) in [7, 11) is 0. The van der Waals surface area contributed by atoms with Crippen LogP contribution >= 0.6 is 0 Å². The molecule has 0 saturated heterocycles. The van der Waals surface area contributed by atoms with Crippen molar-refractivity contribution in [3.05, 3.63) is 29.8 Å². The summed E-state index contributed by atoms with van der Waals surface area (Å²) in [6.07, 6.45) is -5.19. The van der Waals surface area contributed by atoms with E-state index in [9.17, 15) is 15.0 Å². The third-order valence-corrected chi connectivity index (χ3v) is 2.52. The third kappa shape index (κ3) is 4.49. The number of benzene rings is 1. The molecule has 1 aromatic carbocycles. The first-order valence-corrected chi connectivity index (χ1v) is 5.73. The molecule has 0 radical (unpaired) electrons. The number of anilines is 1. The lowest BCUT2D eigenvalue weighted by Crippen LogP contribution is -2.49. The number of hydrazine groups is 1. The lowest BCUT2D eigenvalue weighted by molar-refractivity contribution is -0.141. The smallest absolute Gasteiger partial charge is 0.269 e. The summed E-state index contributed by atoms with van der Waals surface area (Å²) in [5.41, 5.74) is 6.35. The lowest BCUT2D eigenvalue weighted by atomic mass is 10.1. The number of aryl methyl sites for hydroxylation is 1. The van der Waals surface area contributed by atoms with Gasteiger partial charge in [0.25, 0.3) is 5.91 Å². The van der Waals surface area contributed by atoms with Crippen molar-refractivity contribution < 1.29 is 25.2 Å². The maximum atomic E-state index is 11.5. The molecule has 1 amide bonds. The van der Waals surface area contributed by atoms with Crippen LogP contribution in [0.1, 0.15) is 5.56 Å². The van der Waals surface area contributed by atoms with Crippen molar-refractivity contribution >= 4 is 11.6 Å². The molecule has 0 spiro atoms. The molecule has 0 fully saturated rings. The van der Waals surface area contributed by atoms with E-state index in [1.165, 1.54) is 0 Å². The fourth-order valence-electron chi connectivity index (χ4n) is 1.40. The van der Waals surface area contributed by atoms with Crippen molar-refractivity contribution in [3.63, 3.8) is 0 Å². The molecule has 3 atom stereocenters. The van der Waals surface area contributed by atoms with Gasteiger partial charge in [-0.1, -0.05) is 12.1 Å². The zero-order chi connectivity index (χ0) is 14.4. The van der Waals surface area contributed by atoms with E-state index in [-0.39, 0.29) is 0 Å². The Morgan fingerprint density at radius 2 is 2.00 bits per heavy atom. The van der Waals surface area contributed by atoms with Gasteiger partial charge < -0.3 is 20.4 Å². The summed E-state index contributed by atoms with van der Waals surface area (Å²) in [6.45, 7) is 1.13. The Kier molecular flexibility index (Phi) is 5.71. The van der Waals surface area contributed by atoms with Gasteiger partial charge in [-0.2, -0.15) is 0 Å². The highest BCUT2D eigenvalue weighted by atomic mass is 16.4. The number of aliphatic hydroxyl groups is 4. The van der Waals surface area contributed by atoms with E-state index in [0.29, 0.717) is 5.69 Å². The zero-order valence-electron chi connectivity index (χ0n) is 10.4. The van der Waals surface area contributed by atoms with Gasteiger partial charge in [0, 0.05) is 0 Å². The van der Waals surface area contributed by atoms with Gasteiger partial charge in [-0.05, 0) is 24.6 Å². The SMILES string of the molecule is Cc1cccc(NNC(=O)[C@@H](O)[C@H](O)[C@H](O)CO)c1. The van der Waals surface area contributed by atoms with Gasteiger partial charge in [-0.3, -0.25) is 15.6 Å². The van der Waals surface area contributed by atoms with Crippen LogP contribution in [-0.2, 0) is 4.79 Å². The summed E-state index contributed by atoms with van der Waals surface area (Å²) in [6, 6.07) is 7.14. The van der Waals surface area contributed by atoms with Crippen molar-refractivity contribution in [1.82, 2.24) is 5.43 Å². The first kappa shape index (κ1) is 15.4. The van der Waals surface area contributed by atoms with Gasteiger partial charge in [0.1, 0.15) is 12.2 Å². The molecule has 0 aliphatic heterocycles. The molecule has 1 aromatic rings. The zero-order valence-corrected chi connectivity index (χ0v) is 10.4. The van der Waals surface area contributed by atoms with E-state index < -0.39 is 30.8 Å². The van der Waals surface area contributed by atoms with Crippen molar-refractivity contribution in [2.24, 2.45) is 0 Å². The number of carbonyl (C=O) groups excluding carboxylic acids is 1. The fraction of sp³-hybridized carbons (Fsp3) is 0.417. The average Bonchev–Trinajstić information content (AvgIpc) is 2.42. The molecule has 0 aliphatic rings. The minimum atomic E-state index is -1.85. The van der Waals surface area contributed by atoms with Crippen LogP contribution in [0.2, 0.25) is 0 Å². The van der Waals surface area contributed by atoms with Crippen molar-refractivity contribution in [2.45, 2.75) is 25.2 Å². The Hall–Kier alpha value is -1.67. The first-order chi connectivity index (χ1) is 8.95. The van der Waals surface area contributed by atoms with Crippen LogP contribution in [0.5, 0.6) is 0 Å². The second-order valence-corrected chi connectivity index (χ2v) is 4.17. The number of amides is 1. The Balaban J connectivity index is 2.51. The summed E-state index contributed by atoms with van der Waals surface area (Å²) in [5.74, 6) is -0.915. The number of nitrogens with one attached hydrogen (secondary N) is 2. The van der Waals surface area contributed by atoms with Crippen LogP contribution < -0.4 is 10.9 Å². The number of aliphatic hydroxyl groups excluding tert-OH is 4. The third-order valence-electron chi connectivity index (χ3n) is 2.52. The molecule has 0 bridgehead atoms. The molecule has 19 heavy (non-hydrogen) atoms. The Labute approximate surface area is 110 Å². The topological polar surface area (TPSA) is 122 Å². The van der Waals surface area contributed by atoms with E-state index in [4.69, 9.17) is 10.2 Å². The van der Waals surface area contributed by atoms with Crippen molar-refractivity contribution in [2.75, 3.05) is 12.0 Å². The molecule has 0 aliphatic carbocycles. The normalized spacial score (nSPS) is 15.4. The number of hydrogen-bond donors (Lipinski definition) is 6. The maximum absolute atomic E-state index is 11.5. The molecular formula is C12H18N2O5. The minimum Gasteiger partial charge on any atom is -0.394 e. The van der Waals surface area contributed by atoms with E-state index in [1.807, 2.05) is 13.0 Å². The van der Waals surface area contributed by atoms with Gasteiger partial charge in [-0.15, -0.1) is 0 Å². The molecule has 0 heterocycles. The molecule has 6 N–H and O–H groups in total. The maximum Gasteiger partial charge on any atom is 0.269 e. The predicted octanol–water partition coefficient (Wildman–Crippen LogP) is -1.49. The Morgan fingerprint density at radius 3 is 2.58 bits per heavy atom. The summed E-state index contributed by atoms with van der Waals surface area (Å²) >= 11 is 0. The van der Waals surface area contributed by atoms with Gasteiger partial charge in [-0.25, -0.2) is 0 Å². The molecule has 0 unspecified atom stereocenters. The Bertz CT molecular complexity index is 426. The van der Waals surface area contributed by atoms with Gasteiger partial charge in [0.15, 0.2) is 6.10 Å². The van der Waals surface area contributed by atoms with E-state index in [2.05, 4.69) is 10.9 Å². The van der Waals surface area contributed by atoms with E-state index in [0.717, 1.165) is 5.56 Å². The average molecular weight is 270 g/mol.